The first kappa shape index (κ1) is 20.7. The fourth-order valence-corrected chi connectivity index (χ4v) is 4.13. The summed E-state index contributed by atoms with van der Waals surface area (Å²) in [5.41, 5.74) is 2.52. The van der Waals surface area contributed by atoms with Crippen LogP contribution in [0, 0.1) is 0 Å². The van der Waals surface area contributed by atoms with E-state index < -0.39 is 11.7 Å². The number of hydrogen-bond donors (Lipinski definition) is 0. The summed E-state index contributed by atoms with van der Waals surface area (Å²) in [6.07, 6.45) is 1.93. The molecule has 1 aliphatic rings. The first-order chi connectivity index (χ1) is 14.5. The number of benzene rings is 3. The highest BCUT2D eigenvalue weighted by Gasteiger charge is 2.30. The minimum absolute atomic E-state index is 0.572. The molecule has 0 spiro atoms. The third-order valence-electron chi connectivity index (χ3n) is 5.86. The molecule has 0 N–H and O–H groups in total. The Labute approximate surface area is 175 Å². The Kier molecular flexibility index (Phi) is 6.24. The summed E-state index contributed by atoms with van der Waals surface area (Å²) in [6, 6.07) is 20.8. The van der Waals surface area contributed by atoms with Crippen LogP contribution in [0.15, 0.2) is 72.8 Å². The van der Waals surface area contributed by atoms with Gasteiger partial charge in [0.25, 0.3) is 0 Å². The number of rotatable bonds is 6. The van der Waals surface area contributed by atoms with Crippen molar-refractivity contribution in [1.82, 2.24) is 4.90 Å². The van der Waals surface area contributed by atoms with Crippen LogP contribution in [0.2, 0.25) is 0 Å². The molecule has 4 rings (SSSR count). The molecule has 1 aliphatic heterocycles. The Balaban J connectivity index is 1.26. The van der Waals surface area contributed by atoms with Gasteiger partial charge in [-0.3, -0.25) is 4.90 Å². The summed E-state index contributed by atoms with van der Waals surface area (Å²) >= 11 is 0. The van der Waals surface area contributed by atoms with E-state index in [-0.39, 0.29) is 0 Å². The fourth-order valence-electron chi connectivity index (χ4n) is 4.13. The Bertz CT molecular complexity index is 1040. The van der Waals surface area contributed by atoms with E-state index >= 15 is 0 Å². The van der Waals surface area contributed by atoms with E-state index in [1.807, 2.05) is 0 Å². The summed E-state index contributed by atoms with van der Waals surface area (Å²) < 4.78 is 38.8. The number of unbranched alkanes of at least 4 members (excludes halogenated alkanes) is 1. The zero-order chi connectivity index (χ0) is 21.0. The maximum absolute atomic E-state index is 12.9. The van der Waals surface area contributed by atoms with Crippen LogP contribution in [0.4, 0.5) is 13.2 Å². The molecule has 0 saturated carbocycles. The van der Waals surface area contributed by atoms with E-state index in [0.29, 0.717) is 5.56 Å². The van der Waals surface area contributed by atoms with Gasteiger partial charge in [-0.15, -0.1) is 0 Å². The van der Waals surface area contributed by atoms with Crippen molar-refractivity contribution in [3.63, 3.8) is 0 Å². The SMILES string of the molecule is FC(F)(F)c1cccc(C2=CCN(CCCCc3ccc4ccccc4c3)CC2)c1. The van der Waals surface area contributed by atoms with Crippen molar-refractivity contribution >= 4 is 16.3 Å². The van der Waals surface area contributed by atoms with Gasteiger partial charge in [-0.1, -0.05) is 60.7 Å². The Hall–Kier alpha value is -2.59. The third-order valence-corrected chi connectivity index (χ3v) is 5.86. The summed E-state index contributed by atoms with van der Waals surface area (Å²) in [5, 5.41) is 2.57. The molecule has 3 aromatic carbocycles. The lowest BCUT2D eigenvalue weighted by Crippen LogP contribution is -2.29. The smallest absolute Gasteiger partial charge is 0.299 e. The van der Waals surface area contributed by atoms with Crippen LogP contribution in [0.1, 0.15) is 36.0 Å². The molecular formula is C26H26F3N. The quantitative estimate of drug-likeness (QED) is 0.397. The van der Waals surface area contributed by atoms with Crippen molar-refractivity contribution in [3.05, 3.63) is 89.5 Å². The number of halogens is 3. The number of alkyl halides is 3. The average Bonchev–Trinajstić information content (AvgIpc) is 2.76. The van der Waals surface area contributed by atoms with Gasteiger partial charge in [-0.2, -0.15) is 13.2 Å². The van der Waals surface area contributed by atoms with Gasteiger partial charge in [0.05, 0.1) is 5.56 Å². The topological polar surface area (TPSA) is 3.24 Å². The lowest BCUT2D eigenvalue weighted by molar-refractivity contribution is -0.137. The van der Waals surface area contributed by atoms with Crippen LogP contribution in [0.3, 0.4) is 0 Å². The predicted molar refractivity (Wildman–Crippen MR) is 117 cm³/mol. The van der Waals surface area contributed by atoms with Crippen LogP contribution < -0.4 is 0 Å². The minimum Gasteiger partial charge on any atom is -0.299 e. The van der Waals surface area contributed by atoms with E-state index in [0.717, 1.165) is 57.0 Å². The van der Waals surface area contributed by atoms with Gasteiger partial charge in [-0.05, 0) is 71.8 Å². The summed E-state index contributed by atoms with van der Waals surface area (Å²) in [4.78, 5) is 2.39. The molecule has 3 aromatic rings. The van der Waals surface area contributed by atoms with E-state index in [9.17, 15) is 13.2 Å². The molecule has 0 bridgehead atoms. The Morgan fingerprint density at radius 3 is 2.43 bits per heavy atom. The van der Waals surface area contributed by atoms with E-state index in [4.69, 9.17) is 0 Å². The van der Waals surface area contributed by atoms with Gasteiger partial charge in [0.1, 0.15) is 0 Å². The largest absolute Gasteiger partial charge is 0.416 e. The highest BCUT2D eigenvalue weighted by Crippen LogP contribution is 2.32. The molecular weight excluding hydrogens is 383 g/mol. The maximum atomic E-state index is 12.9. The normalized spacial score (nSPS) is 15.4. The lowest BCUT2D eigenvalue weighted by atomic mass is 9.97. The molecule has 0 radical (unpaired) electrons. The molecule has 156 valence electrons. The zero-order valence-corrected chi connectivity index (χ0v) is 17.0. The van der Waals surface area contributed by atoms with Gasteiger partial charge in [0.2, 0.25) is 0 Å². The Morgan fingerprint density at radius 1 is 0.833 bits per heavy atom. The molecule has 0 amide bonds. The van der Waals surface area contributed by atoms with Crippen molar-refractivity contribution < 1.29 is 13.2 Å². The van der Waals surface area contributed by atoms with Gasteiger partial charge >= 0.3 is 6.18 Å². The number of fused-ring (bicyclic) bond motifs is 1. The second kappa shape index (κ2) is 9.05. The highest BCUT2D eigenvalue weighted by atomic mass is 19.4. The first-order valence-electron chi connectivity index (χ1n) is 10.6. The fraction of sp³-hybridized carbons (Fsp3) is 0.308. The molecule has 1 heterocycles. The third kappa shape index (κ3) is 5.11. The number of hydrogen-bond acceptors (Lipinski definition) is 1. The molecule has 0 saturated heterocycles. The molecule has 0 unspecified atom stereocenters. The summed E-state index contributed by atoms with van der Waals surface area (Å²) in [5.74, 6) is 0. The monoisotopic (exact) mass is 409 g/mol. The van der Waals surface area contributed by atoms with Crippen LogP contribution in [0.25, 0.3) is 16.3 Å². The van der Waals surface area contributed by atoms with E-state index in [1.165, 1.54) is 28.5 Å². The van der Waals surface area contributed by atoms with Crippen molar-refractivity contribution in [1.29, 1.82) is 0 Å². The maximum Gasteiger partial charge on any atom is 0.416 e. The lowest BCUT2D eigenvalue weighted by Gasteiger charge is -2.26. The molecule has 1 nitrogen and oxygen atoms in total. The second-order valence-corrected chi connectivity index (χ2v) is 8.00. The predicted octanol–water partition coefficient (Wildman–Crippen LogP) is 6.97. The van der Waals surface area contributed by atoms with Crippen molar-refractivity contribution in [3.8, 4) is 0 Å². The van der Waals surface area contributed by atoms with Crippen LogP contribution in [0.5, 0.6) is 0 Å². The van der Waals surface area contributed by atoms with Gasteiger partial charge in [0, 0.05) is 13.1 Å². The van der Waals surface area contributed by atoms with E-state index in [2.05, 4.69) is 53.4 Å². The Morgan fingerprint density at radius 2 is 1.67 bits per heavy atom. The van der Waals surface area contributed by atoms with Crippen molar-refractivity contribution in [2.24, 2.45) is 0 Å². The molecule has 0 atom stereocenters. The number of nitrogens with zero attached hydrogens (tertiary/aromatic N) is 1. The molecule has 4 heteroatoms. The molecule has 0 aliphatic carbocycles. The molecule has 0 aromatic heterocycles. The van der Waals surface area contributed by atoms with Gasteiger partial charge in [0.15, 0.2) is 0 Å². The number of aryl methyl sites for hydroxylation is 1. The van der Waals surface area contributed by atoms with Crippen molar-refractivity contribution in [2.45, 2.75) is 31.9 Å². The molecule has 30 heavy (non-hydrogen) atoms. The molecule has 0 fully saturated rings. The van der Waals surface area contributed by atoms with Crippen LogP contribution in [-0.2, 0) is 12.6 Å². The standard InChI is InChI=1S/C26H26F3N/c27-26(28,29)25-10-5-9-24(19-25)22-13-16-30(17-14-22)15-4-3-6-20-11-12-21-7-1-2-8-23(21)18-20/h1-2,5,7-13,18-19H,3-4,6,14-17H2. The van der Waals surface area contributed by atoms with Gasteiger partial charge in [-0.25, -0.2) is 0 Å². The highest BCUT2D eigenvalue weighted by molar-refractivity contribution is 5.83. The van der Waals surface area contributed by atoms with Crippen LogP contribution in [-0.4, -0.2) is 24.5 Å². The average molecular weight is 409 g/mol. The van der Waals surface area contributed by atoms with Crippen LogP contribution >= 0.6 is 0 Å². The zero-order valence-electron chi connectivity index (χ0n) is 17.0. The first-order valence-corrected chi connectivity index (χ1v) is 10.6. The summed E-state index contributed by atoms with van der Waals surface area (Å²) in [7, 11) is 0. The van der Waals surface area contributed by atoms with Crippen molar-refractivity contribution in [2.75, 3.05) is 19.6 Å². The second-order valence-electron chi connectivity index (χ2n) is 8.00. The van der Waals surface area contributed by atoms with Gasteiger partial charge < -0.3 is 0 Å². The summed E-state index contributed by atoms with van der Waals surface area (Å²) in [6.45, 7) is 2.74. The minimum atomic E-state index is -4.29. The van der Waals surface area contributed by atoms with E-state index in [1.54, 1.807) is 6.07 Å².